The summed E-state index contributed by atoms with van der Waals surface area (Å²) < 4.78 is 48.6. The van der Waals surface area contributed by atoms with Crippen LogP contribution in [0.4, 0.5) is 4.39 Å². The molecule has 0 spiro atoms. The van der Waals surface area contributed by atoms with E-state index >= 15 is 0 Å². The van der Waals surface area contributed by atoms with Gasteiger partial charge in [-0.3, -0.25) is 0 Å². The van der Waals surface area contributed by atoms with Gasteiger partial charge in [-0.05, 0) is 0 Å². The number of allylic oxidation sites excluding steroid dienone is 8. The predicted octanol–water partition coefficient (Wildman–Crippen LogP) is 6.83. The normalized spacial score (nSPS) is 17.9. The summed E-state index contributed by atoms with van der Waals surface area (Å²) in [6.45, 7) is 0.310. The molecule has 0 amide bonds. The number of hydrogen-bond donors (Lipinski definition) is 2. The number of halogens is 2. The zero-order valence-corrected chi connectivity index (χ0v) is 22.7. The van der Waals surface area contributed by atoms with Gasteiger partial charge in [0.25, 0.3) is 0 Å². The van der Waals surface area contributed by atoms with E-state index in [0.29, 0.717) is 13.0 Å². The topological polar surface area (TPSA) is 78.8 Å². The minimum absolute atomic E-state index is 0.0543. The second-order valence-corrected chi connectivity index (χ2v) is 15.4. The van der Waals surface area contributed by atoms with E-state index in [-0.39, 0.29) is 10.6 Å². The number of fused-ring (bicyclic) bond motifs is 1. The van der Waals surface area contributed by atoms with Crippen LogP contribution in [0.15, 0.2) is 93.2 Å². The number of sulfonamides is 1. The number of phenols is 1. The van der Waals surface area contributed by atoms with Crippen LogP contribution in [-0.2, 0) is 10.0 Å². The Balaban J connectivity index is 1.23. The maximum atomic E-state index is 13.4. The first-order valence-corrected chi connectivity index (χ1v) is 16.6. The number of rotatable bonds is 10. The summed E-state index contributed by atoms with van der Waals surface area (Å²) in [6.07, 6.45) is 14.1. The van der Waals surface area contributed by atoms with E-state index in [1.54, 1.807) is 6.07 Å². The Kier molecular flexibility index (Phi) is 7.55. The number of unbranched alkanes of at least 4 members (excludes halogenated alkanes) is 2. The number of nitrogens with zero attached hydrogens (tertiary/aromatic N) is 1. The van der Waals surface area contributed by atoms with E-state index < -0.39 is 35.9 Å². The van der Waals surface area contributed by atoms with Crippen molar-refractivity contribution >= 4 is 41.9 Å². The molecule has 0 aromatic heterocycles. The van der Waals surface area contributed by atoms with Gasteiger partial charge in [0.05, 0.1) is 0 Å². The number of aromatic hydroxyl groups is 1. The minimum atomic E-state index is -3.71. The molecular weight excluding hydrogens is 590 g/mol. The molecule has 8 heteroatoms. The molecule has 0 unspecified atom stereocenters. The average Bonchev–Trinajstić information content (AvgIpc) is 3.65. The van der Waals surface area contributed by atoms with Crippen LogP contribution in [0.2, 0.25) is 0 Å². The van der Waals surface area contributed by atoms with Crippen molar-refractivity contribution in [3.05, 3.63) is 96.4 Å². The summed E-state index contributed by atoms with van der Waals surface area (Å²) in [5.74, 6) is -0.288. The zero-order valence-electron chi connectivity index (χ0n) is 19.8. The van der Waals surface area contributed by atoms with Gasteiger partial charge in [-0.25, -0.2) is 0 Å². The molecule has 2 aliphatic heterocycles. The predicted molar refractivity (Wildman–Crippen MR) is 151 cm³/mol. The van der Waals surface area contributed by atoms with Crippen molar-refractivity contribution in [1.82, 2.24) is 4.72 Å². The second kappa shape index (κ2) is 10.8. The van der Waals surface area contributed by atoms with Crippen molar-refractivity contribution < 1.29 is 17.9 Å². The number of hydrogen-bond acceptors (Lipinski definition) is 4. The molecule has 2 aromatic rings. The van der Waals surface area contributed by atoms with Gasteiger partial charge in [0.1, 0.15) is 0 Å². The Labute approximate surface area is 219 Å². The van der Waals surface area contributed by atoms with E-state index in [0.717, 1.165) is 49.3 Å². The standard InChI is InChI=1S/C28H28FIN2O3S/c29-22-7-6-9-24(18-22)36(34,35)32-16-5-1-2-8-23-17-21(25-10-3-4-11-28(25)33)14-15-27-26(20-12-13-20)19-31-30(23)27/h3-4,6-7,9-12,14,17-19,32-33H,1-2,5,8,13,15-16H2. The molecule has 2 aromatic carbocycles. The molecule has 0 bridgehead atoms. The molecular formula is C28H28FIN2O3S. The average molecular weight is 619 g/mol. The van der Waals surface area contributed by atoms with E-state index in [1.165, 1.54) is 36.5 Å². The molecule has 36 heavy (non-hydrogen) atoms. The second-order valence-electron chi connectivity index (χ2n) is 8.88. The summed E-state index contributed by atoms with van der Waals surface area (Å²) >= 11 is -1.86. The number of benzene rings is 2. The fourth-order valence-corrected chi connectivity index (χ4v) is 10.7. The Morgan fingerprint density at radius 1 is 1.03 bits per heavy atom. The molecule has 0 saturated carbocycles. The van der Waals surface area contributed by atoms with E-state index in [1.807, 2.05) is 18.2 Å². The van der Waals surface area contributed by atoms with Gasteiger partial charge in [0, 0.05) is 0 Å². The van der Waals surface area contributed by atoms with E-state index in [4.69, 9.17) is 3.21 Å². The molecule has 0 atom stereocenters. The molecule has 3 aliphatic rings. The Morgan fingerprint density at radius 2 is 1.86 bits per heavy atom. The van der Waals surface area contributed by atoms with Gasteiger partial charge in [-0.15, -0.1) is 0 Å². The molecule has 0 saturated heterocycles. The third-order valence-corrected chi connectivity index (χ3v) is 13.0. The van der Waals surface area contributed by atoms with E-state index in [9.17, 15) is 17.9 Å². The van der Waals surface area contributed by atoms with Crippen LogP contribution in [0.25, 0.3) is 5.57 Å². The van der Waals surface area contributed by atoms with Gasteiger partial charge in [0.15, 0.2) is 0 Å². The molecule has 0 radical (unpaired) electrons. The van der Waals surface area contributed by atoms with Crippen LogP contribution in [0.3, 0.4) is 0 Å². The Bertz CT molecular complexity index is 1440. The van der Waals surface area contributed by atoms with Crippen LogP contribution in [0, 0.1) is 5.82 Å². The summed E-state index contributed by atoms with van der Waals surface area (Å²) in [4.78, 5) is -0.0543. The SMILES string of the molecule is O=S(=O)(NCCCCCC1=CC(c2ccccc2O)=CCC2=C(C3=CC3)C=NI12)c1cccc(F)c1. The first kappa shape index (κ1) is 25.1. The monoisotopic (exact) mass is 618 g/mol. The summed E-state index contributed by atoms with van der Waals surface area (Å²) in [5.41, 5.74) is 4.62. The number of nitrogens with one attached hydrogen (secondary N) is 1. The molecule has 5 rings (SSSR count). The summed E-state index contributed by atoms with van der Waals surface area (Å²) in [6, 6.07) is 12.5. The van der Waals surface area contributed by atoms with Crippen molar-refractivity contribution in [2.75, 3.05) is 6.54 Å². The number of phenolic OH excluding ortho intramolecular Hbond substituents is 1. The van der Waals surface area contributed by atoms with Gasteiger partial charge in [0.2, 0.25) is 0 Å². The Hall–Kier alpha value is -2.56. The quantitative estimate of drug-likeness (QED) is 0.226. The van der Waals surface area contributed by atoms with Gasteiger partial charge in [-0.1, -0.05) is 0 Å². The van der Waals surface area contributed by atoms with Crippen molar-refractivity contribution in [2.45, 2.75) is 43.4 Å². The fourth-order valence-electron chi connectivity index (χ4n) is 4.31. The molecule has 0 fully saturated rings. The third-order valence-electron chi connectivity index (χ3n) is 6.29. The number of para-hydroxylation sites is 1. The van der Waals surface area contributed by atoms with Crippen LogP contribution < -0.4 is 4.72 Å². The van der Waals surface area contributed by atoms with Crippen LogP contribution in [0.1, 0.15) is 44.1 Å². The van der Waals surface area contributed by atoms with Gasteiger partial charge < -0.3 is 0 Å². The van der Waals surface area contributed by atoms with Crippen molar-refractivity contribution in [3.8, 4) is 5.75 Å². The maximum absolute atomic E-state index is 13.4. The third kappa shape index (κ3) is 5.71. The molecule has 5 nitrogen and oxygen atoms in total. The molecule has 1 aliphatic carbocycles. The Morgan fingerprint density at radius 3 is 2.64 bits per heavy atom. The van der Waals surface area contributed by atoms with Crippen molar-refractivity contribution in [3.63, 3.8) is 0 Å². The molecule has 2 heterocycles. The van der Waals surface area contributed by atoms with Crippen molar-refractivity contribution in [1.29, 1.82) is 0 Å². The van der Waals surface area contributed by atoms with Crippen LogP contribution in [-0.4, -0.2) is 26.3 Å². The molecule has 188 valence electrons. The fraction of sp³-hybridized carbons (Fsp3) is 0.250. The molecule has 2 N–H and O–H groups in total. The summed E-state index contributed by atoms with van der Waals surface area (Å²) in [7, 11) is -3.71. The van der Waals surface area contributed by atoms with Crippen molar-refractivity contribution in [2.24, 2.45) is 3.21 Å². The summed E-state index contributed by atoms with van der Waals surface area (Å²) in [5, 5.41) is 10.4. The first-order valence-electron chi connectivity index (χ1n) is 12.0. The first-order chi connectivity index (χ1) is 17.4. The zero-order chi connectivity index (χ0) is 25.1. The van der Waals surface area contributed by atoms with Crippen LogP contribution in [0.5, 0.6) is 5.75 Å². The van der Waals surface area contributed by atoms with E-state index in [2.05, 4.69) is 29.2 Å². The van der Waals surface area contributed by atoms with Gasteiger partial charge in [-0.2, -0.15) is 0 Å². The van der Waals surface area contributed by atoms with Gasteiger partial charge >= 0.3 is 220 Å². The van der Waals surface area contributed by atoms with Crippen LogP contribution >= 0.6 is 20.1 Å².